The smallest absolute Gasteiger partial charge is 0.293 e. The summed E-state index contributed by atoms with van der Waals surface area (Å²) in [4.78, 5) is 12.1. The van der Waals surface area contributed by atoms with E-state index in [4.69, 9.17) is 5.73 Å². The van der Waals surface area contributed by atoms with E-state index in [2.05, 4.69) is 35.8 Å². The van der Waals surface area contributed by atoms with Gasteiger partial charge >= 0.3 is 0 Å². The fraction of sp³-hybridized carbons (Fsp3) is 0.0769. The molecule has 0 atom stereocenters. The van der Waals surface area contributed by atoms with Gasteiger partial charge in [-0.05, 0) is 34.9 Å². The Balaban J connectivity index is 1.73. The average Bonchev–Trinajstić information content (AvgIpc) is 3.14. The van der Waals surface area contributed by atoms with E-state index in [1.807, 2.05) is 0 Å². The first kappa shape index (κ1) is 15.3. The Bertz CT molecular complexity index is 899. The van der Waals surface area contributed by atoms with E-state index in [-0.39, 0.29) is 23.1 Å². The van der Waals surface area contributed by atoms with Gasteiger partial charge in [0.1, 0.15) is 5.82 Å². The maximum Gasteiger partial charge on any atom is 0.293 e. The Kier molecular flexibility index (Phi) is 3.97. The predicted octanol–water partition coefficient (Wildman–Crippen LogP) is 0.444. The van der Waals surface area contributed by atoms with Crippen molar-refractivity contribution in [3.63, 3.8) is 0 Å². The number of carbonyl (C=O) groups excluding carboxylic acids is 1. The number of carbonyl (C=O) groups is 1. The van der Waals surface area contributed by atoms with Gasteiger partial charge in [-0.15, -0.1) is 5.10 Å². The zero-order valence-electron chi connectivity index (χ0n) is 12.3. The molecular formula is C13H11FN8O2. The van der Waals surface area contributed by atoms with Gasteiger partial charge in [-0.2, -0.15) is 9.78 Å². The highest BCUT2D eigenvalue weighted by molar-refractivity contribution is 5.94. The maximum atomic E-state index is 12.8. The number of amides is 1. The molecule has 0 spiro atoms. The molecular weight excluding hydrogens is 319 g/mol. The molecule has 2 aromatic heterocycles. The fourth-order valence-corrected chi connectivity index (χ4v) is 1.85. The number of anilines is 1. The van der Waals surface area contributed by atoms with Crippen LogP contribution in [0.3, 0.4) is 0 Å². The number of nitrogens with one attached hydrogen (secondary N) is 1. The number of nitrogens with two attached hydrogens (primary N) is 1. The van der Waals surface area contributed by atoms with Crippen LogP contribution in [0.2, 0.25) is 0 Å². The van der Waals surface area contributed by atoms with Gasteiger partial charge in [0.25, 0.3) is 5.91 Å². The summed E-state index contributed by atoms with van der Waals surface area (Å²) in [6.07, 6.45) is 1.37. The third-order valence-electron chi connectivity index (χ3n) is 3.06. The van der Waals surface area contributed by atoms with Gasteiger partial charge in [0, 0.05) is 0 Å². The molecule has 0 radical (unpaired) electrons. The molecule has 0 aliphatic carbocycles. The summed E-state index contributed by atoms with van der Waals surface area (Å²) in [5.74, 6) is -0.782. The van der Waals surface area contributed by atoms with Crippen molar-refractivity contribution in [1.29, 1.82) is 0 Å². The van der Waals surface area contributed by atoms with Crippen LogP contribution in [0.5, 0.6) is 0 Å². The van der Waals surface area contributed by atoms with Crippen molar-refractivity contribution in [1.82, 2.24) is 30.7 Å². The van der Waals surface area contributed by atoms with Gasteiger partial charge in [-0.1, -0.05) is 17.3 Å². The number of benzene rings is 1. The van der Waals surface area contributed by atoms with E-state index < -0.39 is 5.91 Å². The minimum absolute atomic E-state index is 0.0179. The predicted molar refractivity (Wildman–Crippen MR) is 79.8 cm³/mol. The highest BCUT2D eigenvalue weighted by atomic mass is 19.1. The van der Waals surface area contributed by atoms with Gasteiger partial charge in [0.05, 0.1) is 11.9 Å². The van der Waals surface area contributed by atoms with Gasteiger partial charge in [0.15, 0.2) is 5.69 Å². The summed E-state index contributed by atoms with van der Waals surface area (Å²) in [6.45, 7) is 1.60. The van der Waals surface area contributed by atoms with Crippen LogP contribution >= 0.6 is 0 Å². The van der Waals surface area contributed by atoms with Gasteiger partial charge in [0.2, 0.25) is 11.6 Å². The summed E-state index contributed by atoms with van der Waals surface area (Å²) in [5.41, 5.74) is 8.92. The maximum absolute atomic E-state index is 12.8. The second-order valence-electron chi connectivity index (χ2n) is 4.66. The van der Waals surface area contributed by atoms with Gasteiger partial charge in [-0.25, -0.2) is 14.4 Å². The molecule has 0 fully saturated rings. The van der Waals surface area contributed by atoms with E-state index in [1.54, 1.807) is 6.92 Å². The Hall–Kier alpha value is -3.63. The summed E-state index contributed by atoms with van der Waals surface area (Å²) < 4.78 is 18.5. The first-order valence-electron chi connectivity index (χ1n) is 6.66. The average molecular weight is 330 g/mol. The normalized spacial score (nSPS) is 11.1. The zero-order chi connectivity index (χ0) is 17.1. The fourth-order valence-electron chi connectivity index (χ4n) is 1.85. The van der Waals surface area contributed by atoms with E-state index in [1.165, 1.54) is 35.2 Å². The zero-order valence-corrected chi connectivity index (χ0v) is 12.3. The Labute approximate surface area is 134 Å². The molecule has 3 N–H and O–H groups in total. The monoisotopic (exact) mass is 330 g/mol. The third-order valence-corrected chi connectivity index (χ3v) is 3.06. The molecule has 1 amide bonds. The van der Waals surface area contributed by atoms with Crippen LogP contribution in [0.1, 0.15) is 21.7 Å². The summed E-state index contributed by atoms with van der Waals surface area (Å²) >= 11 is 0. The van der Waals surface area contributed by atoms with Crippen LogP contribution < -0.4 is 11.2 Å². The summed E-state index contributed by atoms with van der Waals surface area (Å²) in [6, 6.07) is 5.62. The van der Waals surface area contributed by atoms with Crippen molar-refractivity contribution in [3.05, 3.63) is 47.0 Å². The van der Waals surface area contributed by atoms with E-state index in [9.17, 15) is 9.18 Å². The highest BCUT2D eigenvalue weighted by Gasteiger charge is 2.20. The molecule has 3 aromatic rings. The lowest BCUT2D eigenvalue weighted by atomic mass is 10.2. The van der Waals surface area contributed by atoms with Crippen molar-refractivity contribution in [2.45, 2.75) is 6.92 Å². The first-order valence-corrected chi connectivity index (χ1v) is 6.66. The molecule has 0 unspecified atom stereocenters. The van der Waals surface area contributed by atoms with Crippen LogP contribution in [-0.2, 0) is 0 Å². The quantitative estimate of drug-likeness (QED) is 0.523. The topological polar surface area (TPSA) is 137 Å². The van der Waals surface area contributed by atoms with Gasteiger partial charge < -0.3 is 5.73 Å². The van der Waals surface area contributed by atoms with E-state index >= 15 is 0 Å². The van der Waals surface area contributed by atoms with Crippen molar-refractivity contribution in [2.75, 3.05) is 5.73 Å². The van der Waals surface area contributed by atoms with Crippen LogP contribution in [0.4, 0.5) is 10.2 Å². The second-order valence-corrected chi connectivity index (χ2v) is 4.66. The molecule has 2 heterocycles. The Morgan fingerprint density at radius 3 is 2.79 bits per heavy atom. The lowest BCUT2D eigenvalue weighted by Gasteiger charge is -1.99. The number of hydrazone groups is 1. The molecule has 0 saturated carbocycles. The van der Waals surface area contributed by atoms with E-state index in [0.29, 0.717) is 11.3 Å². The molecule has 10 nitrogen and oxygen atoms in total. The minimum Gasteiger partial charge on any atom is -0.378 e. The first-order chi connectivity index (χ1) is 11.6. The lowest BCUT2D eigenvalue weighted by molar-refractivity contribution is 0.0949. The standard InChI is InChI=1S/C13H11FN8O2/c1-7-10(17-21-22(7)12-11(15)19-24-20-12)13(23)18-16-6-8-2-4-9(14)5-3-8/h2-6H,1H3,(H2,15,19)(H,18,23)/b16-6+. The number of halogens is 1. The SMILES string of the molecule is Cc1c(C(=O)N/N=C/c2ccc(F)cc2)nnn1-c1nonc1N. The number of nitrogens with zero attached hydrogens (tertiary/aromatic N) is 6. The molecule has 0 aliphatic heterocycles. The summed E-state index contributed by atoms with van der Waals surface area (Å²) in [5, 5.41) is 18.3. The van der Waals surface area contributed by atoms with Crippen molar-refractivity contribution >= 4 is 17.9 Å². The Morgan fingerprint density at radius 2 is 2.12 bits per heavy atom. The van der Waals surface area contributed by atoms with Crippen LogP contribution in [0.15, 0.2) is 34.0 Å². The highest BCUT2D eigenvalue weighted by Crippen LogP contribution is 2.14. The minimum atomic E-state index is -0.577. The van der Waals surface area contributed by atoms with Crippen molar-refractivity contribution in [2.24, 2.45) is 5.10 Å². The van der Waals surface area contributed by atoms with Crippen LogP contribution in [-0.4, -0.2) is 37.4 Å². The number of aromatic nitrogens is 5. The Morgan fingerprint density at radius 1 is 1.38 bits per heavy atom. The molecule has 0 bridgehead atoms. The largest absolute Gasteiger partial charge is 0.378 e. The molecule has 122 valence electrons. The molecule has 0 aliphatic rings. The van der Waals surface area contributed by atoms with Crippen LogP contribution in [0.25, 0.3) is 5.82 Å². The van der Waals surface area contributed by atoms with Crippen molar-refractivity contribution in [3.8, 4) is 5.82 Å². The molecule has 24 heavy (non-hydrogen) atoms. The second kappa shape index (κ2) is 6.24. The number of nitrogen functional groups attached to an aromatic ring is 1. The molecule has 1 aromatic carbocycles. The lowest BCUT2D eigenvalue weighted by Crippen LogP contribution is -2.19. The molecule has 0 saturated heterocycles. The molecule has 11 heteroatoms. The third kappa shape index (κ3) is 2.95. The van der Waals surface area contributed by atoms with E-state index in [0.717, 1.165) is 0 Å². The molecule has 3 rings (SSSR count). The number of hydrogen-bond donors (Lipinski definition) is 2. The number of hydrogen-bond acceptors (Lipinski definition) is 8. The van der Waals surface area contributed by atoms with Gasteiger partial charge in [-0.3, -0.25) is 4.79 Å². The summed E-state index contributed by atoms with van der Waals surface area (Å²) in [7, 11) is 0. The van der Waals surface area contributed by atoms with Crippen molar-refractivity contribution < 1.29 is 13.8 Å². The number of rotatable bonds is 4. The van der Waals surface area contributed by atoms with Crippen LogP contribution in [0, 0.1) is 12.7 Å².